The van der Waals surface area contributed by atoms with Crippen LogP contribution in [0.15, 0.2) is 29.1 Å². The van der Waals surface area contributed by atoms with Crippen molar-refractivity contribution >= 4 is 5.91 Å². The summed E-state index contributed by atoms with van der Waals surface area (Å²) in [6, 6.07) is 6.99. The Bertz CT molecular complexity index is 709. The summed E-state index contributed by atoms with van der Waals surface area (Å²) in [5, 5.41) is 10.6. The summed E-state index contributed by atoms with van der Waals surface area (Å²) in [5.41, 5.74) is 0.821. The molecule has 0 spiro atoms. The van der Waals surface area contributed by atoms with Crippen LogP contribution < -0.4 is 15.6 Å². The Morgan fingerprint density at radius 3 is 2.55 bits per heavy atom. The van der Waals surface area contributed by atoms with E-state index >= 15 is 0 Å². The number of hydrogen-bond donors (Lipinski definition) is 2. The van der Waals surface area contributed by atoms with Crippen molar-refractivity contribution < 1.29 is 9.53 Å². The van der Waals surface area contributed by atoms with Crippen LogP contribution in [0.4, 0.5) is 0 Å². The summed E-state index contributed by atoms with van der Waals surface area (Å²) in [4.78, 5) is 25.7. The van der Waals surface area contributed by atoms with E-state index in [2.05, 4.69) is 20.5 Å². The minimum Gasteiger partial charge on any atom is -0.497 e. The molecule has 1 aromatic heterocycles. The molecule has 0 saturated carbocycles. The smallest absolute Gasteiger partial charge is 0.275 e. The Morgan fingerprint density at radius 1 is 1.32 bits per heavy atom. The zero-order valence-corrected chi connectivity index (χ0v) is 12.7. The Morgan fingerprint density at radius 2 is 2.00 bits per heavy atom. The monoisotopic (exact) mass is 302 g/mol. The van der Waals surface area contributed by atoms with Crippen LogP contribution >= 0.6 is 0 Å². The number of methoxy groups -OCH3 is 1. The number of carbonyl (C=O) groups is 1. The van der Waals surface area contributed by atoms with Crippen molar-refractivity contribution in [1.29, 1.82) is 0 Å². The van der Waals surface area contributed by atoms with Gasteiger partial charge in [0.15, 0.2) is 0 Å². The highest BCUT2D eigenvalue weighted by atomic mass is 16.5. The molecule has 2 N–H and O–H groups in total. The molecule has 1 unspecified atom stereocenters. The van der Waals surface area contributed by atoms with Crippen LogP contribution in [0.1, 0.15) is 37.0 Å². The minimum absolute atomic E-state index is 0.189. The lowest BCUT2D eigenvalue weighted by Crippen LogP contribution is -2.31. The Labute approximate surface area is 127 Å². The van der Waals surface area contributed by atoms with Gasteiger partial charge in [0.05, 0.1) is 13.2 Å². The number of nitrogens with zero attached hydrogens (tertiary/aromatic N) is 2. The highest BCUT2D eigenvalue weighted by molar-refractivity contribution is 5.73. The van der Waals surface area contributed by atoms with Gasteiger partial charge in [-0.05, 0) is 24.6 Å². The van der Waals surface area contributed by atoms with Gasteiger partial charge in [-0.25, -0.2) is 0 Å². The van der Waals surface area contributed by atoms with E-state index in [1.54, 1.807) is 14.0 Å². The van der Waals surface area contributed by atoms with E-state index in [9.17, 15) is 9.59 Å². The van der Waals surface area contributed by atoms with Crippen LogP contribution in [0, 0.1) is 0 Å². The third-order valence-corrected chi connectivity index (χ3v) is 3.13. The lowest BCUT2D eigenvalue weighted by Gasteiger charge is -2.10. The van der Waals surface area contributed by atoms with E-state index in [-0.39, 0.29) is 17.2 Å². The molecule has 0 aliphatic carbocycles. The van der Waals surface area contributed by atoms with Crippen LogP contribution in [0.3, 0.4) is 0 Å². The molecule has 2 aromatic rings. The number of hydrogen-bond acceptors (Lipinski definition) is 5. The summed E-state index contributed by atoms with van der Waals surface area (Å²) in [6.07, 6.45) is 0.459. The minimum atomic E-state index is -0.483. The van der Waals surface area contributed by atoms with Gasteiger partial charge in [0.1, 0.15) is 17.3 Å². The van der Waals surface area contributed by atoms with Crippen LogP contribution in [-0.4, -0.2) is 28.2 Å². The van der Waals surface area contributed by atoms with Gasteiger partial charge in [0.2, 0.25) is 5.91 Å². The Kier molecular flexibility index (Phi) is 4.88. The van der Waals surface area contributed by atoms with Crippen molar-refractivity contribution in [2.45, 2.75) is 26.3 Å². The van der Waals surface area contributed by atoms with Crippen molar-refractivity contribution in [1.82, 2.24) is 20.5 Å². The zero-order chi connectivity index (χ0) is 16.1. The summed E-state index contributed by atoms with van der Waals surface area (Å²) in [5.74, 6) is 1.01. The number of aromatic nitrogens is 3. The van der Waals surface area contributed by atoms with Gasteiger partial charge in [-0.3, -0.25) is 9.59 Å². The van der Waals surface area contributed by atoms with Crippen LogP contribution in [0.25, 0.3) is 0 Å². The molecule has 0 radical (unpaired) electrons. The van der Waals surface area contributed by atoms with Gasteiger partial charge < -0.3 is 15.0 Å². The number of rotatable bonds is 5. The lowest BCUT2D eigenvalue weighted by molar-refractivity contribution is -0.119. The highest BCUT2D eigenvalue weighted by Crippen LogP contribution is 2.13. The molecule has 7 heteroatoms. The molecule has 7 nitrogen and oxygen atoms in total. The first-order valence-corrected chi connectivity index (χ1v) is 6.85. The van der Waals surface area contributed by atoms with Crippen LogP contribution in [0.5, 0.6) is 5.75 Å². The maximum absolute atomic E-state index is 12.0. The molecular formula is C15H18N4O3. The van der Waals surface area contributed by atoms with Crippen molar-refractivity contribution in [3.8, 4) is 5.75 Å². The van der Waals surface area contributed by atoms with E-state index in [0.29, 0.717) is 12.2 Å². The molecule has 0 saturated heterocycles. The van der Waals surface area contributed by atoms with Crippen molar-refractivity contribution in [3.05, 3.63) is 51.7 Å². The molecule has 1 atom stereocenters. The topological polar surface area (TPSA) is 97.0 Å². The standard InChI is InChI=1S/C15H18N4O3/c1-9(16-10(2)20)14-15(21)17-13(18-19-14)8-11-4-6-12(22-3)7-5-11/h4-7,9H,8H2,1-3H3,(H,16,20)(H,17,18,21). The highest BCUT2D eigenvalue weighted by Gasteiger charge is 2.14. The van der Waals surface area contributed by atoms with Crippen molar-refractivity contribution in [2.24, 2.45) is 0 Å². The normalized spacial score (nSPS) is 11.8. The second-order valence-electron chi connectivity index (χ2n) is 4.93. The molecule has 2 rings (SSSR count). The third kappa shape index (κ3) is 3.91. The van der Waals surface area contributed by atoms with Crippen LogP contribution in [-0.2, 0) is 11.2 Å². The fourth-order valence-corrected chi connectivity index (χ4v) is 2.05. The number of carbonyl (C=O) groups excluding carboxylic acids is 1. The predicted octanol–water partition coefficient (Wildman–Crippen LogP) is 0.961. The number of nitrogens with one attached hydrogen (secondary N) is 2. The summed E-state index contributed by atoms with van der Waals surface area (Å²) < 4.78 is 5.09. The summed E-state index contributed by atoms with van der Waals surface area (Å²) >= 11 is 0. The van der Waals surface area contributed by atoms with Gasteiger partial charge in [-0.2, -0.15) is 0 Å². The second kappa shape index (κ2) is 6.84. The molecule has 1 aromatic carbocycles. The zero-order valence-electron chi connectivity index (χ0n) is 12.7. The van der Waals surface area contributed by atoms with Gasteiger partial charge >= 0.3 is 0 Å². The first-order valence-electron chi connectivity index (χ1n) is 6.85. The number of H-pyrrole nitrogens is 1. The number of aromatic amines is 1. The average Bonchev–Trinajstić information content (AvgIpc) is 2.47. The van der Waals surface area contributed by atoms with Gasteiger partial charge in [0, 0.05) is 13.3 Å². The van der Waals surface area contributed by atoms with E-state index in [1.807, 2.05) is 24.3 Å². The average molecular weight is 302 g/mol. The first kappa shape index (κ1) is 15.7. The van der Waals surface area contributed by atoms with E-state index in [1.165, 1.54) is 6.92 Å². The van der Waals surface area contributed by atoms with E-state index in [0.717, 1.165) is 11.3 Å². The molecule has 0 fully saturated rings. The first-order chi connectivity index (χ1) is 10.5. The predicted molar refractivity (Wildman–Crippen MR) is 80.7 cm³/mol. The van der Waals surface area contributed by atoms with E-state index in [4.69, 9.17) is 4.74 Å². The van der Waals surface area contributed by atoms with Crippen LogP contribution in [0.2, 0.25) is 0 Å². The number of amides is 1. The maximum atomic E-state index is 12.0. The number of benzene rings is 1. The maximum Gasteiger partial charge on any atom is 0.275 e. The second-order valence-corrected chi connectivity index (χ2v) is 4.93. The largest absolute Gasteiger partial charge is 0.497 e. The molecule has 0 aliphatic heterocycles. The summed E-state index contributed by atoms with van der Waals surface area (Å²) in [6.45, 7) is 3.07. The fraction of sp³-hybridized carbons (Fsp3) is 0.333. The fourth-order valence-electron chi connectivity index (χ4n) is 2.05. The lowest BCUT2D eigenvalue weighted by atomic mass is 10.1. The molecule has 22 heavy (non-hydrogen) atoms. The van der Waals surface area contributed by atoms with Crippen molar-refractivity contribution in [2.75, 3.05) is 7.11 Å². The molecule has 0 aliphatic rings. The van der Waals surface area contributed by atoms with Gasteiger partial charge in [0.25, 0.3) is 5.56 Å². The van der Waals surface area contributed by atoms with Gasteiger partial charge in [-0.1, -0.05) is 12.1 Å². The van der Waals surface area contributed by atoms with Gasteiger partial charge in [-0.15, -0.1) is 10.2 Å². The number of ether oxygens (including phenoxy) is 1. The SMILES string of the molecule is COc1ccc(Cc2nnc(C(C)NC(C)=O)c(=O)[nH]2)cc1. The summed E-state index contributed by atoms with van der Waals surface area (Å²) in [7, 11) is 1.60. The Balaban J connectivity index is 2.14. The molecule has 0 bridgehead atoms. The molecule has 1 amide bonds. The van der Waals surface area contributed by atoms with Crippen molar-refractivity contribution in [3.63, 3.8) is 0 Å². The Hall–Kier alpha value is -2.70. The molecular weight excluding hydrogens is 284 g/mol. The van der Waals surface area contributed by atoms with E-state index < -0.39 is 6.04 Å². The quantitative estimate of drug-likeness (QED) is 0.857. The third-order valence-electron chi connectivity index (χ3n) is 3.13. The molecule has 1 heterocycles. The molecule has 116 valence electrons.